The van der Waals surface area contributed by atoms with Crippen LogP contribution in [0, 0.1) is 27.7 Å². The van der Waals surface area contributed by atoms with Gasteiger partial charge in [0, 0.05) is 0 Å². The summed E-state index contributed by atoms with van der Waals surface area (Å²) in [7, 11) is 0. The number of aryl methyl sites for hydroxylation is 4. The van der Waals surface area contributed by atoms with E-state index in [1.807, 2.05) is 13.8 Å². The zero-order valence-electron chi connectivity index (χ0n) is 11.2. The molecule has 2 rings (SSSR count). The van der Waals surface area contributed by atoms with E-state index in [2.05, 4.69) is 42.5 Å². The number of aromatic nitrogens is 1. The van der Waals surface area contributed by atoms with Gasteiger partial charge < -0.3 is 0 Å². The highest BCUT2D eigenvalue weighted by atomic mass is 32.1. The minimum Gasteiger partial charge on any atom is -0.271 e. The third-order valence-electron chi connectivity index (χ3n) is 3.10. The Morgan fingerprint density at radius 3 is 2.44 bits per heavy atom. The number of nitrogens with zero attached hydrogens (tertiary/aromatic N) is 1. The maximum Gasteiger partial charge on any atom is 0.0900 e. The van der Waals surface area contributed by atoms with E-state index in [1.54, 1.807) is 11.3 Å². The molecule has 2 aromatic rings. The Hall–Kier alpha value is -1.23. The fourth-order valence-electron chi connectivity index (χ4n) is 2.27. The Kier molecular flexibility index (Phi) is 3.80. The Morgan fingerprint density at radius 2 is 1.94 bits per heavy atom. The van der Waals surface area contributed by atoms with Gasteiger partial charge in [-0.2, -0.15) is 0 Å². The standard InChI is InChI=1S/C14H19N3S/c1-8-5-6-12(9(2)7-8)13(17-15)14-10(3)16-11(4)18-14/h5-7,13,17H,15H2,1-4H3. The van der Waals surface area contributed by atoms with Gasteiger partial charge in [0.1, 0.15) is 0 Å². The van der Waals surface area contributed by atoms with E-state index in [0.29, 0.717) is 0 Å². The predicted molar refractivity (Wildman–Crippen MR) is 76.7 cm³/mol. The molecule has 18 heavy (non-hydrogen) atoms. The molecule has 0 saturated carbocycles. The quantitative estimate of drug-likeness (QED) is 0.660. The van der Waals surface area contributed by atoms with Crippen LogP contribution in [-0.4, -0.2) is 4.98 Å². The van der Waals surface area contributed by atoms with Gasteiger partial charge in [0.2, 0.25) is 0 Å². The summed E-state index contributed by atoms with van der Waals surface area (Å²) in [6.07, 6.45) is 0. The molecule has 3 nitrogen and oxygen atoms in total. The number of hydrogen-bond donors (Lipinski definition) is 2. The second-order valence-corrected chi connectivity index (χ2v) is 5.88. The summed E-state index contributed by atoms with van der Waals surface area (Å²) in [6.45, 7) is 8.28. The van der Waals surface area contributed by atoms with Crippen LogP contribution in [0.25, 0.3) is 0 Å². The first kappa shape index (κ1) is 13.2. The monoisotopic (exact) mass is 261 g/mol. The largest absolute Gasteiger partial charge is 0.271 e. The van der Waals surface area contributed by atoms with Gasteiger partial charge in [-0.05, 0) is 38.8 Å². The van der Waals surface area contributed by atoms with Crippen LogP contribution in [0.5, 0.6) is 0 Å². The second-order valence-electron chi connectivity index (χ2n) is 4.64. The molecule has 1 heterocycles. The summed E-state index contributed by atoms with van der Waals surface area (Å²) in [4.78, 5) is 5.67. The maximum atomic E-state index is 5.75. The van der Waals surface area contributed by atoms with Crippen LogP contribution in [0.3, 0.4) is 0 Å². The van der Waals surface area contributed by atoms with Crippen LogP contribution in [0.1, 0.15) is 38.3 Å². The molecule has 0 amide bonds. The minimum atomic E-state index is 0.0248. The van der Waals surface area contributed by atoms with E-state index in [1.165, 1.54) is 21.6 Å². The topological polar surface area (TPSA) is 50.9 Å². The average molecular weight is 261 g/mol. The number of nitrogens with two attached hydrogens (primary N) is 1. The second kappa shape index (κ2) is 5.18. The molecule has 0 aliphatic heterocycles. The number of rotatable bonds is 3. The number of hydrogen-bond acceptors (Lipinski definition) is 4. The van der Waals surface area contributed by atoms with Gasteiger partial charge in [-0.3, -0.25) is 5.84 Å². The Balaban J connectivity index is 2.48. The average Bonchev–Trinajstić information content (AvgIpc) is 2.62. The lowest BCUT2D eigenvalue weighted by atomic mass is 9.98. The highest BCUT2D eigenvalue weighted by molar-refractivity contribution is 7.11. The Labute approximate surface area is 112 Å². The van der Waals surface area contributed by atoms with Crippen molar-refractivity contribution in [2.75, 3.05) is 0 Å². The van der Waals surface area contributed by atoms with Crippen molar-refractivity contribution in [1.82, 2.24) is 10.4 Å². The molecule has 0 fully saturated rings. The van der Waals surface area contributed by atoms with Crippen molar-refractivity contribution in [3.05, 3.63) is 50.5 Å². The third-order valence-corrected chi connectivity index (χ3v) is 4.24. The molecule has 1 unspecified atom stereocenters. The highest BCUT2D eigenvalue weighted by Gasteiger charge is 2.19. The summed E-state index contributed by atoms with van der Waals surface area (Å²) in [5.41, 5.74) is 7.71. The molecule has 1 atom stereocenters. The Bertz CT molecular complexity index is 560. The molecule has 0 aliphatic carbocycles. The third kappa shape index (κ3) is 2.46. The summed E-state index contributed by atoms with van der Waals surface area (Å²) < 4.78 is 0. The molecule has 0 aliphatic rings. The van der Waals surface area contributed by atoms with Crippen molar-refractivity contribution in [3.8, 4) is 0 Å². The van der Waals surface area contributed by atoms with Crippen LogP contribution < -0.4 is 11.3 Å². The lowest BCUT2D eigenvalue weighted by Crippen LogP contribution is -2.29. The van der Waals surface area contributed by atoms with E-state index < -0.39 is 0 Å². The highest BCUT2D eigenvalue weighted by Crippen LogP contribution is 2.31. The number of nitrogens with one attached hydrogen (secondary N) is 1. The van der Waals surface area contributed by atoms with E-state index in [9.17, 15) is 0 Å². The van der Waals surface area contributed by atoms with Gasteiger partial charge in [0.05, 0.1) is 21.6 Å². The zero-order chi connectivity index (χ0) is 13.3. The van der Waals surface area contributed by atoms with Gasteiger partial charge >= 0.3 is 0 Å². The SMILES string of the molecule is Cc1ccc(C(NN)c2sc(C)nc2C)c(C)c1. The summed E-state index contributed by atoms with van der Waals surface area (Å²) >= 11 is 1.70. The first-order chi connectivity index (χ1) is 8.52. The van der Waals surface area contributed by atoms with Crippen LogP contribution >= 0.6 is 11.3 Å². The summed E-state index contributed by atoms with van der Waals surface area (Å²) in [6, 6.07) is 6.47. The molecular weight excluding hydrogens is 242 g/mol. The molecule has 0 radical (unpaired) electrons. The summed E-state index contributed by atoms with van der Waals surface area (Å²) in [5.74, 6) is 5.75. The number of benzene rings is 1. The van der Waals surface area contributed by atoms with Crippen molar-refractivity contribution >= 4 is 11.3 Å². The maximum absolute atomic E-state index is 5.75. The molecule has 4 heteroatoms. The van der Waals surface area contributed by atoms with E-state index in [-0.39, 0.29) is 6.04 Å². The molecule has 0 bridgehead atoms. The lowest BCUT2D eigenvalue weighted by molar-refractivity contribution is 0.638. The molecule has 3 N–H and O–H groups in total. The Morgan fingerprint density at radius 1 is 1.22 bits per heavy atom. The fourth-order valence-corrected chi connectivity index (χ4v) is 3.28. The molecule has 0 spiro atoms. The molecule has 96 valence electrons. The van der Waals surface area contributed by atoms with Crippen LogP contribution in [0.2, 0.25) is 0 Å². The van der Waals surface area contributed by atoms with E-state index in [4.69, 9.17) is 5.84 Å². The molecule has 1 aromatic carbocycles. The predicted octanol–water partition coefficient (Wildman–Crippen LogP) is 2.93. The van der Waals surface area contributed by atoms with Crippen LogP contribution in [0.15, 0.2) is 18.2 Å². The lowest BCUT2D eigenvalue weighted by Gasteiger charge is -2.18. The van der Waals surface area contributed by atoms with Crippen molar-refractivity contribution in [2.24, 2.45) is 5.84 Å². The van der Waals surface area contributed by atoms with Gasteiger partial charge in [-0.15, -0.1) is 11.3 Å². The van der Waals surface area contributed by atoms with Gasteiger partial charge in [-0.25, -0.2) is 10.4 Å². The number of thiazole rings is 1. The normalized spacial score (nSPS) is 12.7. The van der Waals surface area contributed by atoms with E-state index in [0.717, 1.165) is 10.7 Å². The van der Waals surface area contributed by atoms with E-state index >= 15 is 0 Å². The van der Waals surface area contributed by atoms with Gasteiger partial charge in [-0.1, -0.05) is 23.8 Å². The molecular formula is C14H19N3S. The zero-order valence-corrected chi connectivity index (χ0v) is 12.1. The molecule has 1 aromatic heterocycles. The van der Waals surface area contributed by atoms with Crippen molar-refractivity contribution in [2.45, 2.75) is 33.7 Å². The first-order valence-electron chi connectivity index (χ1n) is 6.00. The minimum absolute atomic E-state index is 0.0248. The van der Waals surface area contributed by atoms with Crippen molar-refractivity contribution < 1.29 is 0 Å². The van der Waals surface area contributed by atoms with Crippen molar-refractivity contribution in [1.29, 1.82) is 0 Å². The summed E-state index contributed by atoms with van der Waals surface area (Å²) in [5, 5.41) is 1.08. The fraction of sp³-hybridized carbons (Fsp3) is 0.357. The first-order valence-corrected chi connectivity index (χ1v) is 6.81. The van der Waals surface area contributed by atoms with Gasteiger partial charge in [0.25, 0.3) is 0 Å². The number of hydrazine groups is 1. The molecule has 0 saturated heterocycles. The van der Waals surface area contributed by atoms with Crippen LogP contribution in [-0.2, 0) is 0 Å². The van der Waals surface area contributed by atoms with Gasteiger partial charge in [0.15, 0.2) is 0 Å². The van der Waals surface area contributed by atoms with Crippen molar-refractivity contribution in [3.63, 3.8) is 0 Å². The van der Waals surface area contributed by atoms with Crippen LogP contribution in [0.4, 0.5) is 0 Å². The smallest absolute Gasteiger partial charge is 0.0900 e.